The van der Waals surface area contributed by atoms with Gasteiger partial charge in [-0.25, -0.2) is 4.79 Å². The van der Waals surface area contributed by atoms with E-state index in [1.165, 1.54) is 17.7 Å². The van der Waals surface area contributed by atoms with Crippen molar-refractivity contribution in [3.63, 3.8) is 0 Å². The Balaban J connectivity index is 3.19. The second-order valence-electron chi connectivity index (χ2n) is 8.72. The lowest BCUT2D eigenvalue weighted by Crippen LogP contribution is -2.44. The molecule has 0 aliphatic rings. The zero-order valence-corrected chi connectivity index (χ0v) is 19.6. The summed E-state index contributed by atoms with van der Waals surface area (Å²) in [6.07, 6.45) is -2.47. The first kappa shape index (κ1) is 27.0. The molecule has 2 N–H and O–H groups in total. The number of carbonyl (C=O) groups is 1. The second kappa shape index (κ2) is 11.6. The molecule has 0 unspecified atom stereocenters. The number of ether oxygens (including phenoxy) is 4. The molecule has 0 aromatic carbocycles. The van der Waals surface area contributed by atoms with Gasteiger partial charge < -0.3 is 24.1 Å². The summed E-state index contributed by atoms with van der Waals surface area (Å²) >= 11 is 0. The Morgan fingerprint density at radius 1 is 1.19 bits per heavy atom. The van der Waals surface area contributed by atoms with Crippen LogP contribution in [0.5, 0.6) is 0 Å². The number of aromatic amines is 1. The Morgan fingerprint density at radius 2 is 1.81 bits per heavy atom. The molecule has 1 rings (SSSR count). The Hall–Kier alpha value is -2.01. The molecule has 0 aliphatic heterocycles. The lowest BCUT2D eigenvalue weighted by atomic mass is 9.97. The average molecular weight is 445 g/mol. The fourth-order valence-corrected chi connectivity index (χ4v) is 2.46. The Kier molecular flexibility index (Phi) is 10.1. The molecule has 0 radical (unpaired) electrons. The van der Waals surface area contributed by atoms with Crippen molar-refractivity contribution in [3.05, 3.63) is 32.6 Å². The molecule has 0 aliphatic carbocycles. The molecule has 0 saturated heterocycles. The smallest absolute Gasteiger partial charge is 0.330 e. The zero-order chi connectivity index (χ0) is 23.9. The van der Waals surface area contributed by atoms with E-state index >= 15 is 0 Å². The second-order valence-corrected chi connectivity index (χ2v) is 8.72. The first-order valence-electron chi connectivity index (χ1n) is 10.2. The number of aliphatic hydroxyl groups is 1. The van der Waals surface area contributed by atoms with E-state index in [4.69, 9.17) is 18.9 Å². The van der Waals surface area contributed by atoms with Crippen molar-refractivity contribution in [1.82, 2.24) is 9.55 Å². The van der Waals surface area contributed by atoms with Gasteiger partial charge in [-0.1, -0.05) is 0 Å². The quantitative estimate of drug-likeness (QED) is 0.486. The van der Waals surface area contributed by atoms with Gasteiger partial charge >= 0.3 is 11.7 Å². The van der Waals surface area contributed by atoms with E-state index in [0.717, 1.165) is 0 Å². The van der Waals surface area contributed by atoms with Crippen LogP contribution in [0.3, 0.4) is 0 Å². The van der Waals surface area contributed by atoms with Crippen LogP contribution in [0.15, 0.2) is 15.8 Å². The topological polar surface area (TPSA) is 129 Å². The molecule has 178 valence electrons. The predicted octanol–water partition coefficient (Wildman–Crippen LogP) is 1.14. The number of hydrogen-bond donors (Lipinski definition) is 2. The number of aliphatic hydroxyl groups excluding tert-OH is 1. The highest BCUT2D eigenvalue weighted by atomic mass is 16.6. The Bertz CT molecular complexity index is 824. The molecule has 0 bridgehead atoms. The van der Waals surface area contributed by atoms with Gasteiger partial charge in [0.15, 0.2) is 6.23 Å². The van der Waals surface area contributed by atoms with Crippen molar-refractivity contribution < 1.29 is 28.8 Å². The predicted molar refractivity (Wildman–Crippen MR) is 114 cm³/mol. The Morgan fingerprint density at radius 3 is 2.32 bits per heavy atom. The minimum absolute atomic E-state index is 0.197. The van der Waals surface area contributed by atoms with Gasteiger partial charge in [-0.3, -0.25) is 19.1 Å². The van der Waals surface area contributed by atoms with E-state index in [2.05, 4.69) is 4.98 Å². The van der Waals surface area contributed by atoms with Crippen LogP contribution in [0.4, 0.5) is 0 Å². The minimum atomic E-state index is -1.01. The maximum Gasteiger partial charge on any atom is 0.330 e. The lowest BCUT2D eigenvalue weighted by molar-refractivity contribution is -0.186. The van der Waals surface area contributed by atoms with Crippen molar-refractivity contribution in [2.75, 3.05) is 20.3 Å². The zero-order valence-electron chi connectivity index (χ0n) is 19.6. The van der Waals surface area contributed by atoms with Crippen molar-refractivity contribution in [2.24, 2.45) is 5.41 Å². The maximum atomic E-state index is 12.5. The molecule has 0 fully saturated rings. The highest BCUT2D eigenvalue weighted by Gasteiger charge is 2.31. The van der Waals surface area contributed by atoms with Gasteiger partial charge in [0.1, 0.15) is 18.8 Å². The van der Waals surface area contributed by atoms with Gasteiger partial charge in [0.05, 0.1) is 24.2 Å². The molecular formula is C21H36N2O8. The van der Waals surface area contributed by atoms with Crippen LogP contribution < -0.4 is 11.2 Å². The van der Waals surface area contributed by atoms with Crippen LogP contribution in [0.1, 0.15) is 53.3 Å². The fourth-order valence-electron chi connectivity index (χ4n) is 2.46. The van der Waals surface area contributed by atoms with Crippen molar-refractivity contribution in [2.45, 2.75) is 79.1 Å². The van der Waals surface area contributed by atoms with Crippen molar-refractivity contribution >= 4 is 5.97 Å². The van der Waals surface area contributed by atoms with Gasteiger partial charge in [0.25, 0.3) is 5.56 Å². The molecule has 0 saturated carbocycles. The van der Waals surface area contributed by atoms with Gasteiger partial charge in [-0.2, -0.15) is 0 Å². The third kappa shape index (κ3) is 8.21. The normalized spacial score (nSPS) is 16.9. The number of rotatable bonds is 11. The van der Waals surface area contributed by atoms with E-state index in [0.29, 0.717) is 5.56 Å². The van der Waals surface area contributed by atoms with Crippen LogP contribution in [0.25, 0.3) is 0 Å². The molecule has 1 heterocycles. The number of esters is 1. The van der Waals surface area contributed by atoms with E-state index in [9.17, 15) is 19.5 Å². The highest BCUT2D eigenvalue weighted by Crippen LogP contribution is 2.21. The molecule has 0 amide bonds. The standard InChI is InChI=1S/C21H36N2O8/c1-12-9-23(20(27)22-17(12)25)18(15(4)29-10-13(2)28-8)31-16(14(3)24)11-30-19(26)21(5,6)7/h9,13-16,18,24H,10-11H2,1-8H3,(H,22,25,27)/t13-,14+,15-,16-,18+/m0/s1. The largest absolute Gasteiger partial charge is 0.462 e. The number of H-pyrrole nitrogens is 1. The van der Waals surface area contributed by atoms with Crippen LogP contribution in [0.2, 0.25) is 0 Å². The third-order valence-corrected chi connectivity index (χ3v) is 4.66. The van der Waals surface area contributed by atoms with Crippen LogP contribution >= 0.6 is 0 Å². The summed E-state index contributed by atoms with van der Waals surface area (Å²) in [4.78, 5) is 38.6. The summed E-state index contributed by atoms with van der Waals surface area (Å²) in [5.74, 6) is -0.450. The van der Waals surface area contributed by atoms with E-state index in [-0.39, 0.29) is 19.3 Å². The van der Waals surface area contributed by atoms with Crippen molar-refractivity contribution in [3.8, 4) is 0 Å². The summed E-state index contributed by atoms with van der Waals surface area (Å²) in [7, 11) is 1.55. The van der Waals surface area contributed by atoms with Gasteiger partial charge in [0.2, 0.25) is 0 Å². The highest BCUT2D eigenvalue weighted by molar-refractivity contribution is 5.75. The van der Waals surface area contributed by atoms with Crippen LogP contribution in [-0.4, -0.2) is 65.4 Å². The number of carbonyl (C=O) groups excluding carboxylic acids is 1. The van der Waals surface area contributed by atoms with Crippen LogP contribution in [0, 0.1) is 12.3 Å². The van der Waals surface area contributed by atoms with Gasteiger partial charge in [-0.05, 0) is 48.5 Å². The van der Waals surface area contributed by atoms with E-state index in [1.54, 1.807) is 41.7 Å². The molecule has 10 nitrogen and oxygen atoms in total. The average Bonchev–Trinajstić information content (AvgIpc) is 2.67. The monoisotopic (exact) mass is 444 g/mol. The Labute approximate surface area is 182 Å². The maximum absolute atomic E-state index is 12.5. The molecule has 1 aromatic heterocycles. The van der Waals surface area contributed by atoms with E-state index < -0.39 is 47.2 Å². The molecule has 5 atom stereocenters. The number of nitrogens with zero attached hydrogens (tertiary/aromatic N) is 1. The van der Waals surface area contributed by atoms with E-state index in [1.807, 2.05) is 6.92 Å². The number of nitrogens with one attached hydrogen (secondary N) is 1. The minimum Gasteiger partial charge on any atom is -0.462 e. The molecule has 31 heavy (non-hydrogen) atoms. The first-order valence-corrected chi connectivity index (χ1v) is 10.2. The number of hydrogen-bond acceptors (Lipinski definition) is 8. The molecule has 0 spiro atoms. The molecule has 10 heteroatoms. The summed E-state index contributed by atoms with van der Waals surface area (Å²) in [5, 5.41) is 10.2. The number of methoxy groups -OCH3 is 1. The number of aryl methyl sites for hydroxylation is 1. The van der Waals surface area contributed by atoms with Gasteiger partial charge in [-0.15, -0.1) is 0 Å². The SMILES string of the molecule is CO[C@@H](C)CO[C@@H](C)[C@@H](O[C@@H](COC(=O)C(C)(C)C)[C@@H](C)O)n1cc(C)c(=O)[nH]c1=O. The fraction of sp³-hybridized carbons (Fsp3) is 0.762. The lowest BCUT2D eigenvalue weighted by Gasteiger charge is -2.32. The summed E-state index contributed by atoms with van der Waals surface area (Å²) < 4.78 is 23.5. The van der Waals surface area contributed by atoms with Crippen LogP contribution in [-0.2, 0) is 23.7 Å². The first-order chi connectivity index (χ1) is 14.3. The summed E-state index contributed by atoms with van der Waals surface area (Å²) in [6, 6.07) is 0. The molecular weight excluding hydrogens is 408 g/mol. The van der Waals surface area contributed by atoms with Crippen molar-refractivity contribution in [1.29, 1.82) is 0 Å². The number of aromatic nitrogens is 2. The summed E-state index contributed by atoms with van der Waals surface area (Å²) in [5.41, 5.74) is -1.61. The molecule has 1 aromatic rings. The summed E-state index contributed by atoms with van der Waals surface area (Å²) in [6.45, 7) is 11.7. The third-order valence-electron chi connectivity index (χ3n) is 4.66. The van der Waals surface area contributed by atoms with Gasteiger partial charge in [0, 0.05) is 18.9 Å².